The second-order valence-electron chi connectivity index (χ2n) is 4.02. The van der Waals surface area contributed by atoms with Gasteiger partial charge in [-0.15, -0.1) is 0 Å². The summed E-state index contributed by atoms with van der Waals surface area (Å²) in [7, 11) is 0. The van der Waals surface area contributed by atoms with E-state index in [0.717, 1.165) is 19.3 Å². The van der Waals surface area contributed by atoms with Gasteiger partial charge in [-0.25, -0.2) is 9.69 Å². The summed E-state index contributed by atoms with van der Waals surface area (Å²) in [5.41, 5.74) is 0. The van der Waals surface area contributed by atoms with E-state index >= 15 is 0 Å². The number of cyclic esters (lactones) is 1. The number of carbonyl (C=O) groups excluding carboxylic acids is 2. The third kappa shape index (κ3) is 3.20. The van der Waals surface area contributed by atoms with Crippen molar-refractivity contribution in [3.05, 3.63) is 0 Å². The van der Waals surface area contributed by atoms with Crippen LogP contribution in [0.25, 0.3) is 0 Å². The molecule has 16 heavy (non-hydrogen) atoms. The summed E-state index contributed by atoms with van der Waals surface area (Å²) in [6, 6.07) is 0. The highest BCUT2D eigenvalue weighted by Gasteiger charge is 2.30. The number of ether oxygens (including phenoxy) is 1. The van der Waals surface area contributed by atoms with Gasteiger partial charge in [-0.05, 0) is 19.3 Å². The van der Waals surface area contributed by atoms with Crippen LogP contribution in [0.2, 0.25) is 0 Å². The molecule has 5 heteroatoms. The van der Waals surface area contributed by atoms with Gasteiger partial charge >= 0.3 is 6.09 Å². The minimum atomic E-state index is -0.502. The quantitative estimate of drug-likeness (QED) is 0.732. The molecule has 0 saturated carbocycles. The summed E-state index contributed by atoms with van der Waals surface area (Å²) >= 11 is 3.65. The van der Waals surface area contributed by atoms with Crippen molar-refractivity contribution in [2.75, 3.05) is 13.2 Å². The zero-order valence-corrected chi connectivity index (χ0v) is 11.4. The van der Waals surface area contributed by atoms with Gasteiger partial charge in [0.1, 0.15) is 6.61 Å². The standard InChI is InChI=1S/C11H18BrNO3/c1-3-11(12,4-2)6-5-9(14)13-7-8-16-10(13)15/h3-8H2,1-2H3. The third-order valence-electron chi connectivity index (χ3n) is 3.12. The van der Waals surface area contributed by atoms with Gasteiger partial charge < -0.3 is 4.74 Å². The molecule has 1 saturated heterocycles. The second-order valence-corrected chi connectivity index (χ2v) is 5.70. The zero-order valence-electron chi connectivity index (χ0n) is 9.79. The summed E-state index contributed by atoms with van der Waals surface area (Å²) in [4.78, 5) is 24.1. The summed E-state index contributed by atoms with van der Waals surface area (Å²) in [6.07, 6.45) is 2.59. The molecule has 0 unspecified atom stereocenters. The molecule has 0 aromatic carbocycles. The topological polar surface area (TPSA) is 46.6 Å². The minimum absolute atomic E-state index is 0.0201. The van der Waals surface area contributed by atoms with E-state index in [-0.39, 0.29) is 10.2 Å². The van der Waals surface area contributed by atoms with Crippen molar-refractivity contribution in [2.45, 2.75) is 43.9 Å². The highest BCUT2D eigenvalue weighted by atomic mass is 79.9. The van der Waals surface area contributed by atoms with E-state index in [2.05, 4.69) is 29.8 Å². The predicted octanol–water partition coefficient (Wildman–Crippen LogP) is 2.70. The number of imide groups is 1. The van der Waals surface area contributed by atoms with E-state index in [1.807, 2.05) is 0 Å². The fourth-order valence-electron chi connectivity index (χ4n) is 1.69. The van der Waals surface area contributed by atoms with Crippen LogP contribution in [0.15, 0.2) is 0 Å². The molecule has 1 aliphatic heterocycles. The van der Waals surface area contributed by atoms with Gasteiger partial charge in [0.2, 0.25) is 5.91 Å². The minimum Gasteiger partial charge on any atom is -0.447 e. The molecule has 0 atom stereocenters. The van der Waals surface area contributed by atoms with Crippen LogP contribution in [0, 0.1) is 0 Å². The molecular formula is C11H18BrNO3. The average Bonchev–Trinajstić information content (AvgIpc) is 2.72. The molecule has 4 nitrogen and oxygen atoms in total. The normalized spacial score (nSPS) is 16.4. The van der Waals surface area contributed by atoms with Crippen molar-refractivity contribution < 1.29 is 14.3 Å². The average molecular weight is 292 g/mol. The van der Waals surface area contributed by atoms with Crippen LogP contribution in [-0.2, 0) is 9.53 Å². The number of amides is 2. The van der Waals surface area contributed by atoms with Crippen LogP contribution in [0.1, 0.15) is 39.5 Å². The maximum absolute atomic E-state index is 11.7. The van der Waals surface area contributed by atoms with Crippen molar-refractivity contribution in [2.24, 2.45) is 0 Å². The van der Waals surface area contributed by atoms with Crippen molar-refractivity contribution in [1.29, 1.82) is 0 Å². The molecule has 0 aliphatic carbocycles. The molecule has 1 rings (SSSR count). The SMILES string of the molecule is CCC(Br)(CC)CCC(=O)N1CCOC1=O. The Morgan fingerprint density at radius 2 is 2.12 bits per heavy atom. The molecule has 1 fully saturated rings. The Bertz CT molecular complexity index is 276. The Hall–Kier alpha value is -0.580. The van der Waals surface area contributed by atoms with Gasteiger partial charge in [-0.2, -0.15) is 0 Å². The molecule has 0 aromatic heterocycles. The van der Waals surface area contributed by atoms with Crippen LogP contribution >= 0.6 is 15.9 Å². The van der Waals surface area contributed by atoms with Crippen molar-refractivity contribution in [3.8, 4) is 0 Å². The number of alkyl halides is 1. The van der Waals surface area contributed by atoms with E-state index < -0.39 is 6.09 Å². The monoisotopic (exact) mass is 291 g/mol. The van der Waals surface area contributed by atoms with E-state index in [0.29, 0.717) is 19.6 Å². The van der Waals surface area contributed by atoms with Crippen LogP contribution in [0.5, 0.6) is 0 Å². The summed E-state index contributed by atoms with van der Waals surface area (Å²) in [6.45, 7) is 4.90. The molecule has 2 amide bonds. The highest BCUT2D eigenvalue weighted by molar-refractivity contribution is 9.10. The van der Waals surface area contributed by atoms with Crippen molar-refractivity contribution >= 4 is 27.9 Å². The van der Waals surface area contributed by atoms with Crippen molar-refractivity contribution in [3.63, 3.8) is 0 Å². The van der Waals surface area contributed by atoms with Gasteiger partial charge in [0, 0.05) is 10.7 Å². The highest BCUT2D eigenvalue weighted by Crippen LogP contribution is 2.31. The van der Waals surface area contributed by atoms with Gasteiger partial charge in [0.15, 0.2) is 0 Å². The van der Waals surface area contributed by atoms with E-state index in [4.69, 9.17) is 4.74 Å². The Labute approximate surface area is 104 Å². The number of hydrogen-bond donors (Lipinski definition) is 0. The number of hydrogen-bond acceptors (Lipinski definition) is 3. The lowest BCUT2D eigenvalue weighted by Gasteiger charge is -2.24. The summed E-state index contributed by atoms with van der Waals surface area (Å²) in [5.74, 6) is -0.131. The van der Waals surface area contributed by atoms with E-state index in [9.17, 15) is 9.59 Å². The Morgan fingerprint density at radius 1 is 1.50 bits per heavy atom. The zero-order chi connectivity index (χ0) is 12.2. The van der Waals surface area contributed by atoms with Crippen LogP contribution in [0.4, 0.5) is 4.79 Å². The fourth-order valence-corrected chi connectivity index (χ4v) is 1.89. The molecule has 1 heterocycles. The lowest BCUT2D eigenvalue weighted by molar-refractivity contribution is -0.128. The fraction of sp³-hybridized carbons (Fsp3) is 0.818. The van der Waals surface area contributed by atoms with Crippen LogP contribution in [-0.4, -0.2) is 34.4 Å². The molecule has 0 N–H and O–H groups in total. The van der Waals surface area contributed by atoms with Gasteiger partial charge in [0.25, 0.3) is 0 Å². The molecule has 92 valence electrons. The number of nitrogens with zero attached hydrogens (tertiary/aromatic N) is 1. The molecule has 0 radical (unpaired) electrons. The maximum Gasteiger partial charge on any atom is 0.416 e. The largest absolute Gasteiger partial charge is 0.447 e. The van der Waals surface area contributed by atoms with Gasteiger partial charge in [0.05, 0.1) is 6.54 Å². The summed E-state index contributed by atoms with van der Waals surface area (Å²) in [5, 5.41) is 0. The first kappa shape index (κ1) is 13.5. The Kier molecular flexibility index (Phi) is 4.77. The molecule has 1 aliphatic rings. The predicted molar refractivity (Wildman–Crippen MR) is 64.5 cm³/mol. The Morgan fingerprint density at radius 3 is 2.56 bits per heavy atom. The first-order valence-corrected chi connectivity index (χ1v) is 6.47. The van der Waals surface area contributed by atoms with Crippen LogP contribution < -0.4 is 0 Å². The number of carbonyl (C=O) groups is 2. The molecule has 0 bridgehead atoms. The van der Waals surface area contributed by atoms with E-state index in [1.54, 1.807) is 0 Å². The van der Waals surface area contributed by atoms with Gasteiger partial charge in [-0.1, -0.05) is 29.8 Å². The van der Waals surface area contributed by atoms with Gasteiger partial charge in [-0.3, -0.25) is 4.79 Å². The lowest BCUT2D eigenvalue weighted by atomic mass is 9.97. The summed E-state index contributed by atoms with van der Waals surface area (Å²) < 4.78 is 4.75. The molecular weight excluding hydrogens is 274 g/mol. The Balaban J connectivity index is 2.43. The molecule has 0 aromatic rings. The van der Waals surface area contributed by atoms with Crippen molar-refractivity contribution in [1.82, 2.24) is 4.90 Å². The molecule has 0 spiro atoms. The number of halogens is 1. The maximum atomic E-state index is 11.7. The number of rotatable bonds is 5. The lowest BCUT2D eigenvalue weighted by Crippen LogP contribution is -2.33. The van der Waals surface area contributed by atoms with Crippen LogP contribution in [0.3, 0.4) is 0 Å². The third-order valence-corrected chi connectivity index (χ3v) is 4.63. The first-order chi connectivity index (χ1) is 7.52. The second kappa shape index (κ2) is 5.66. The van der Waals surface area contributed by atoms with E-state index in [1.165, 1.54) is 4.90 Å². The first-order valence-electron chi connectivity index (χ1n) is 5.68. The smallest absolute Gasteiger partial charge is 0.416 e.